The fourth-order valence-electron chi connectivity index (χ4n) is 2.57. The molecular formula is C18H23N3O3. The Hall–Kier alpha value is -2.63. The minimum atomic E-state index is -0.470. The highest BCUT2D eigenvalue weighted by molar-refractivity contribution is 6.14. The van der Waals surface area contributed by atoms with E-state index in [0.717, 1.165) is 24.3 Å². The SMILES string of the molecule is CCN(CC)c1ccc(/C=C2\N=C(C)N(CC(=O)OC)C2=O)cc1. The molecule has 6 heteroatoms. The highest BCUT2D eigenvalue weighted by Gasteiger charge is 2.29. The summed E-state index contributed by atoms with van der Waals surface area (Å²) in [4.78, 5) is 31.6. The number of carbonyl (C=O) groups excluding carboxylic acids is 2. The summed E-state index contributed by atoms with van der Waals surface area (Å²) >= 11 is 0. The van der Waals surface area contributed by atoms with E-state index in [1.165, 1.54) is 12.0 Å². The van der Waals surface area contributed by atoms with E-state index in [-0.39, 0.29) is 12.5 Å². The molecule has 128 valence electrons. The van der Waals surface area contributed by atoms with E-state index in [1.54, 1.807) is 13.0 Å². The number of methoxy groups -OCH3 is 1. The van der Waals surface area contributed by atoms with Crippen molar-refractivity contribution in [2.45, 2.75) is 20.8 Å². The molecule has 0 spiro atoms. The lowest BCUT2D eigenvalue weighted by Crippen LogP contribution is -2.35. The van der Waals surface area contributed by atoms with Crippen molar-refractivity contribution in [3.05, 3.63) is 35.5 Å². The first kappa shape index (κ1) is 17.7. The van der Waals surface area contributed by atoms with E-state index in [4.69, 9.17) is 0 Å². The molecule has 0 aliphatic carbocycles. The van der Waals surface area contributed by atoms with Gasteiger partial charge in [-0.15, -0.1) is 0 Å². The highest BCUT2D eigenvalue weighted by atomic mass is 16.5. The van der Waals surface area contributed by atoms with Crippen LogP contribution in [0.15, 0.2) is 35.0 Å². The van der Waals surface area contributed by atoms with Crippen LogP contribution in [0.5, 0.6) is 0 Å². The Bertz CT molecular complexity index is 673. The van der Waals surface area contributed by atoms with Crippen LogP contribution in [-0.2, 0) is 14.3 Å². The second kappa shape index (κ2) is 7.77. The van der Waals surface area contributed by atoms with Crippen molar-refractivity contribution in [3.8, 4) is 0 Å². The Morgan fingerprint density at radius 2 is 1.88 bits per heavy atom. The molecule has 6 nitrogen and oxygen atoms in total. The van der Waals surface area contributed by atoms with Gasteiger partial charge in [-0.05, 0) is 44.5 Å². The van der Waals surface area contributed by atoms with E-state index in [0.29, 0.717) is 11.5 Å². The molecule has 0 saturated heterocycles. The van der Waals surface area contributed by atoms with Gasteiger partial charge in [-0.2, -0.15) is 0 Å². The van der Waals surface area contributed by atoms with Gasteiger partial charge in [-0.1, -0.05) is 12.1 Å². The van der Waals surface area contributed by atoms with Crippen molar-refractivity contribution >= 4 is 29.5 Å². The Kier molecular flexibility index (Phi) is 5.73. The van der Waals surface area contributed by atoms with Crippen LogP contribution in [0, 0.1) is 0 Å². The average Bonchev–Trinajstić information content (AvgIpc) is 2.84. The summed E-state index contributed by atoms with van der Waals surface area (Å²) in [5.74, 6) is -0.259. The second-order valence-electron chi connectivity index (χ2n) is 5.42. The second-order valence-corrected chi connectivity index (χ2v) is 5.42. The predicted octanol–water partition coefficient (Wildman–Crippen LogP) is 2.31. The van der Waals surface area contributed by atoms with E-state index in [1.807, 2.05) is 24.3 Å². The smallest absolute Gasteiger partial charge is 0.325 e. The Morgan fingerprint density at radius 3 is 2.42 bits per heavy atom. The largest absolute Gasteiger partial charge is 0.468 e. The summed E-state index contributed by atoms with van der Waals surface area (Å²) in [6.07, 6.45) is 1.73. The number of nitrogens with zero attached hydrogens (tertiary/aromatic N) is 3. The number of esters is 1. The molecule has 24 heavy (non-hydrogen) atoms. The van der Waals surface area contributed by atoms with E-state index < -0.39 is 5.97 Å². The van der Waals surface area contributed by atoms with Crippen LogP contribution >= 0.6 is 0 Å². The Balaban J connectivity index is 2.17. The van der Waals surface area contributed by atoms with Gasteiger partial charge in [0.2, 0.25) is 0 Å². The highest BCUT2D eigenvalue weighted by Crippen LogP contribution is 2.20. The van der Waals surface area contributed by atoms with Gasteiger partial charge >= 0.3 is 5.97 Å². The molecule has 0 bridgehead atoms. The molecule has 0 N–H and O–H groups in total. The van der Waals surface area contributed by atoms with Crippen molar-refractivity contribution in [1.29, 1.82) is 0 Å². The molecule has 0 fully saturated rings. The maximum absolute atomic E-state index is 12.4. The zero-order valence-corrected chi connectivity index (χ0v) is 14.6. The first-order valence-electron chi connectivity index (χ1n) is 8.00. The summed E-state index contributed by atoms with van der Waals surface area (Å²) in [6, 6.07) is 7.98. The van der Waals surface area contributed by atoms with Crippen molar-refractivity contribution in [3.63, 3.8) is 0 Å². The van der Waals surface area contributed by atoms with Gasteiger partial charge in [0.05, 0.1) is 7.11 Å². The summed E-state index contributed by atoms with van der Waals surface area (Å²) in [5.41, 5.74) is 2.37. The number of rotatable bonds is 6. The average molecular weight is 329 g/mol. The van der Waals surface area contributed by atoms with Crippen LogP contribution in [0.3, 0.4) is 0 Å². The molecule has 0 radical (unpaired) electrons. The van der Waals surface area contributed by atoms with Crippen molar-refractivity contribution in [2.24, 2.45) is 4.99 Å². The Morgan fingerprint density at radius 1 is 1.25 bits per heavy atom. The molecule has 1 amide bonds. The summed E-state index contributed by atoms with van der Waals surface area (Å²) in [7, 11) is 1.30. The van der Waals surface area contributed by atoms with Crippen LogP contribution < -0.4 is 4.90 Å². The normalized spacial score (nSPS) is 15.7. The predicted molar refractivity (Wildman–Crippen MR) is 94.8 cm³/mol. The number of carbonyl (C=O) groups is 2. The number of ether oxygens (including phenoxy) is 1. The lowest BCUT2D eigenvalue weighted by atomic mass is 10.1. The van der Waals surface area contributed by atoms with Gasteiger partial charge in [-0.3, -0.25) is 14.5 Å². The van der Waals surface area contributed by atoms with E-state index in [9.17, 15) is 9.59 Å². The lowest BCUT2D eigenvalue weighted by molar-refractivity contribution is -0.143. The van der Waals surface area contributed by atoms with Crippen molar-refractivity contribution in [1.82, 2.24) is 4.90 Å². The molecule has 1 aromatic rings. The number of hydrogen-bond acceptors (Lipinski definition) is 5. The van der Waals surface area contributed by atoms with Crippen LogP contribution in [-0.4, -0.2) is 49.4 Å². The van der Waals surface area contributed by atoms with Crippen LogP contribution in [0.1, 0.15) is 26.3 Å². The zero-order chi connectivity index (χ0) is 17.7. The maximum atomic E-state index is 12.4. The van der Waals surface area contributed by atoms with Gasteiger partial charge < -0.3 is 9.64 Å². The molecule has 2 rings (SSSR count). The van der Waals surface area contributed by atoms with E-state index >= 15 is 0 Å². The van der Waals surface area contributed by atoms with Gasteiger partial charge in [0.25, 0.3) is 5.91 Å². The minimum Gasteiger partial charge on any atom is -0.468 e. The first-order valence-corrected chi connectivity index (χ1v) is 8.00. The molecular weight excluding hydrogens is 306 g/mol. The van der Waals surface area contributed by atoms with Crippen molar-refractivity contribution in [2.75, 3.05) is 31.6 Å². The van der Waals surface area contributed by atoms with Gasteiger partial charge in [-0.25, -0.2) is 4.99 Å². The summed E-state index contributed by atoms with van der Waals surface area (Å²) in [5, 5.41) is 0. The topological polar surface area (TPSA) is 62.2 Å². The molecule has 1 aromatic carbocycles. The quantitative estimate of drug-likeness (QED) is 0.593. The molecule has 0 atom stereocenters. The number of amides is 1. The number of benzene rings is 1. The van der Waals surface area contributed by atoms with E-state index in [2.05, 4.69) is 28.5 Å². The maximum Gasteiger partial charge on any atom is 0.325 e. The fourth-order valence-corrected chi connectivity index (χ4v) is 2.57. The van der Waals surface area contributed by atoms with Crippen LogP contribution in [0.2, 0.25) is 0 Å². The molecule has 0 unspecified atom stereocenters. The number of hydrogen-bond donors (Lipinski definition) is 0. The summed E-state index contributed by atoms with van der Waals surface area (Å²) < 4.78 is 4.61. The third-order valence-corrected chi connectivity index (χ3v) is 3.98. The number of amidine groups is 1. The molecule has 0 aromatic heterocycles. The minimum absolute atomic E-state index is 0.122. The number of anilines is 1. The Labute approximate surface area is 142 Å². The molecule has 1 aliphatic rings. The third-order valence-electron chi connectivity index (χ3n) is 3.98. The molecule has 0 saturated carbocycles. The van der Waals surface area contributed by atoms with Crippen LogP contribution in [0.4, 0.5) is 5.69 Å². The summed E-state index contributed by atoms with van der Waals surface area (Å²) in [6.45, 7) is 7.70. The van der Waals surface area contributed by atoms with Crippen molar-refractivity contribution < 1.29 is 14.3 Å². The molecule has 1 heterocycles. The fraction of sp³-hybridized carbons (Fsp3) is 0.389. The first-order chi connectivity index (χ1) is 11.5. The lowest BCUT2D eigenvalue weighted by Gasteiger charge is -2.20. The number of aliphatic imine (C=N–C) groups is 1. The zero-order valence-electron chi connectivity index (χ0n) is 14.6. The van der Waals surface area contributed by atoms with Gasteiger partial charge in [0.15, 0.2) is 0 Å². The molecule has 1 aliphatic heterocycles. The third kappa shape index (κ3) is 3.82. The monoisotopic (exact) mass is 329 g/mol. The van der Waals surface area contributed by atoms with Crippen LogP contribution in [0.25, 0.3) is 6.08 Å². The standard InChI is InChI=1S/C18H23N3O3/c1-5-20(6-2)15-9-7-14(8-10-15)11-16-18(23)21(13(3)19-16)12-17(22)24-4/h7-11H,5-6,12H2,1-4H3/b16-11-. The van der Waals surface area contributed by atoms with Gasteiger partial charge in [0.1, 0.15) is 18.1 Å². The van der Waals surface area contributed by atoms with Gasteiger partial charge in [0, 0.05) is 18.8 Å².